The lowest BCUT2D eigenvalue weighted by Crippen LogP contribution is -2.42. The summed E-state index contributed by atoms with van der Waals surface area (Å²) in [6.45, 7) is 17.3. The summed E-state index contributed by atoms with van der Waals surface area (Å²) in [5, 5.41) is 0.103. The third kappa shape index (κ3) is 7.10. The van der Waals surface area contributed by atoms with E-state index in [0.717, 1.165) is 12.8 Å². The molecule has 1 rings (SSSR count). The molecule has 0 radical (unpaired) electrons. The van der Waals surface area contributed by atoms with Gasteiger partial charge >= 0.3 is 6.09 Å². The number of likely N-dealkylation sites (tertiary alicyclic amines) is 1. The average molecular weight is 372 g/mol. The van der Waals surface area contributed by atoms with Gasteiger partial charge < -0.3 is 14.1 Å². The highest BCUT2D eigenvalue weighted by atomic mass is 28.4. The Labute approximate surface area is 154 Å². The van der Waals surface area contributed by atoms with E-state index in [1.165, 1.54) is 0 Å². The summed E-state index contributed by atoms with van der Waals surface area (Å²) >= 11 is 0. The molecular weight excluding hydrogens is 334 g/mol. The molecule has 0 unspecified atom stereocenters. The average Bonchev–Trinajstić information content (AvgIpc) is 2.88. The van der Waals surface area contributed by atoms with Gasteiger partial charge in [-0.25, -0.2) is 4.79 Å². The van der Waals surface area contributed by atoms with Gasteiger partial charge in [-0.2, -0.15) is 0 Å². The minimum atomic E-state index is -1.89. The predicted octanol–water partition coefficient (Wildman–Crippen LogP) is 4.76. The van der Waals surface area contributed by atoms with Crippen molar-refractivity contribution in [1.82, 2.24) is 4.90 Å². The fourth-order valence-corrected chi connectivity index (χ4v) is 3.53. The van der Waals surface area contributed by atoms with Gasteiger partial charge in [0, 0.05) is 19.0 Å². The SMILES string of the molecule is CC(C)(C)OC(=O)N1CCC[C@H]1CCC(=O)CO[Si](C)(C)C(C)(C)C. The molecule has 0 spiro atoms. The van der Waals surface area contributed by atoms with E-state index >= 15 is 0 Å². The van der Waals surface area contributed by atoms with E-state index in [4.69, 9.17) is 9.16 Å². The summed E-state index contributed by atoms with van der Waals surface area (Å²) in [4.78, 5) is 26.3. The first-order valence-electron chi connectivity index (χ1n) is 9.38. The molecule has 0 aromatic carbocycles. The third-order valence-corrected chi connectivity index (χ3v) is 9.64. The van der Waals surface area contributed by atoms with Gasteiger partial charge in [0.1, 0.15) is 5.60 Å². The molecule has 25 heavy (non-hydrogen) atoms. The molecule has 1 atom stereocenters. The first-order chi connectivity index (χ1) is 11.2. The molecule has 6 heteroatoms. The molecule has 0 N–H and O–H groups in total. The Hall–Kier alpha value is -0.883. The maximum Gasteiger partial charge on any atom is 0.410 e. The van der Waals surface area contributed by atoms with Crippen LogP contribution in [0, 0.1) is 0 Å². The van der Waals surface area contributed by atoms with E-state index < -0.39 is 13.9 Å². The minimum Gasteiger partial charge on any atom is -0.444 e. The van der Waals surface area contributed by atoms with Crippen LogP contribution < -0.4 is 0 Å². The molecule has 0 bridgehead atoms. The molecule has 1 aliphatic rings. The van der Waals surface area contributed by atoms with Crippen LogP contribution in [-0.4, -0.2) is 49.9 Å². The number of Topliss-reactive ketones (excluding diaryl/α,β-unsaturated/α-hetero) is 1. The fourth-order valence-electron chi connectivity index (χ4n) is 2.57. The molecule has 1 fully saturated rings. The van der Waals surface area contributed by atoms with Crippen LogP contribution in [0.2, 0.25) is 18.1 Å². The van der Waals surface area contributed by atoms with Crippen molar-refractivity contribution in [3.63, 3.8) is 0 Å². The van der Waals surface area contributed by atoms with Crippen molar-refractivity contribution in [3.8, 4) is 0 Å². The van der Waals surface area contributed by atoms with Crippen LogP contribution >= 0.6 is 0 Å². The van der Waals surface area contributed by atoms with Crippen molar-refractivity contribution in [3.05, 3.63) is 0 Å². The van der Waals surface area contributed by atoms with Gasteiger partial charge in [0.15, 0.2) is 14.1 Å². The van der Waals surface area contributed by atoms with Gasteiger partial charge in [-0.05, 0) is 58.2 Å². The summed E-state index contributed by atoms with van der Waals surface area (Å²) < 4.78 is 11.5. The molecule has 0 aromatic rings. The molecule has 0 aromatic heterocycles. The van der Waals surface area contributed by atoms with Crippen molar-refractivity contribution >= 4 is 20.2 Å². The maximum atomic E-state index is 12.3. The first-order valence-corrected chi connectivity index (χ1v) is 12.3. The largest absolute Gasteiger partial charge is 0.444 e. The Kier molecular flexibility index (Phi) is 7.27. The second-order valence-electron chi connectivity index (χ2n) is 9.60. The van der Waals surface area contributed by atoms with Crippen molar-refractivity contribution < 1.29 is 18.8 Å². The monoisotopic (exact) mass is 371 g/mol. The Balaban J connectivity index is 2.46. The quantitative estimate of drug-likeness (QED) is 0.632. The van der Waals surface area contributed by atoms with Crippen LogP contribution in [-0.2, 0) is 14.0 Å². The molecule has 146 valence electrons. The van der Waals surface area contributed by atoms with Gasteiger partial charge in [0.2, 0.25) is 0 Å². The summed E-state index contributed by atoms with van der Waals surface area (Å²) in [5.74, 6) is 0.126. The summed E-state index contributed by atoms with van der Waals surface area (Å²) in [6, 6.07) is 0.103. The number of carbonyl (C=O) groups excluding carboxylic acids is 2. The highest BCUT2D eigenvalue weighted by Crippen LogP contribution is 2.36. The molecule has 1 aliphatic heterocycles. The number of ether oxygens (including phenoxy) is 1. The summed E-state index contributed by atoms with van der Waals surface area (Å²) in [7, 11) is -1.89. The van der Waals surface area contributed by atoms with Crippen molar-refractivity contribution in [2.75, 3.05) is 13.2 Å². The van der Waals surface area contributed by atoms with Crippen molar-refractivity contribution in [1.29, 1.82) is 0 Å². The maximum absolute atomic E-state index is 12.3. The first kappa shape index (κ1) is 22.2. The predicted molar refractivity (Wildman–Crippen MR) is 103 cm³/mol. The third-order valence-electron chi connectivity index (χ3n) is 5.16. The van der Waals surface area contributed by atoms with Gasteiger partial charge in [0.25, 0.3) is 0 Å². The van der Waals surface area contributed by atoms with E-state index in [0.29, 0.717) is 19.4 Å². The molecule has 1 amide bonds. The normalized spacial score (nSPS) is 19.2. The minimum absolute atomic E-state index is 0.103. The van der Waals surface area contributed by atoms with E-state index in [1.54, 1.807) is 4.90 Å². The zero-order chi connectivity index (χ0) is 19.5. The summed E-state index contributed by atoms with van der Waals surface area (Å²) in [5.41, 5.74) is -0.489. The number of hydrogen-bond donors (Lipinski definition) is 0. The molecule has 1 saturated heterocycles. The zero-order valence-corrected chi connectivity index (χ0v) is 18.4. The Morgan fingerprint density at radius 1 is 1.12 bits per heavy atom. The van der Waals surface area contributed by atoms with Crippen LogP contribution in [0.25, 0.3) is 0 Å². The Morgan fingerprint density at radius 2 is 1.72 bits per heavy atom. The highest BCUT2D eigenvalue weighted by Gasteiger charge is 2.37. The second kappa shape index (κ2) is 8.21. The van der Waals surface area contributed by atoms with E-state index in [1.807, 2.05) is 20.8 Å². The van der Waals surface area contributed by atoms with Gasteiger partial charge in [-0.3, -0.25) is 4.79 Å². The van der Waals surface area contributed by atoms with Crippen LogP contribution in [0.1, 0.15) is 67.2 Å². The lowest BCUT2D eigenvalue weighted by atomic mass is 10.1. The van der Waals surface area contributed by atoms with E-state index in [9.17, 15) is 9.59 Å². The Bertz CT molecular complexity index is 477. The Morgan fingerprint density at radius 3 is 2.24 bits per heavy atom. The summed E-state index contributed by atoms with van der Waals surface area (Å²) in [6.07, 6.45) is 2.80. The van der Waals surface area contributed by atoms with Crippen LogP contribution in [0.5, 0.6) is 0 Å². The molecule has 0 saturated carbocycles. The number of rotatable bonds is 6. The molecular formula is C19H37NO4Si. The van der Waals surface area contributed by atoms with Crippen molar-refractivity contribution in [2.24, 2.45) is 0 Å². The van der Waals surface area contributed by atoms with E-state index in [2.05, 4.69) is 33.9 Å². The molecule has 5 nitrogen and oxygen atoms in total. The topological polar surface area (TPSA) is 55.8 Å². The number of ketones is 1. The zero-order valence-electron chi connectivity index (χ0n) is 17.4. The fraction of sp³-hybridized carbons (Fsp3) is 0.895. The lowest BCUT2D eigenvalue weighted by Gasteiger charge is -2.35. The molecule has 1 heterocycles. The van der Waals surface area contributed by atoms with Crippen LogP contribution in [0.15, 0.2) is 0 Å². The van der Waals surface area contributed by atoms with Gasteiger partial charge in [-0.1, -0.05) is 20.8 Å². The number of amides is 1. The van der Waals surface area contributed by atoms with Crippen LogP contribution in [0.3, 0.4) is 0 Å². The van der Waals surface area contributed by atoms with Gasteiger partial charge in [0.05, 0.1) is 6.61 Å². The van der Waals surface area contributed by atoms with Gasteiger partial charge in [-0.15, -0.1) is 0 Å². The highest BCUT2D eigenvalue weighted by molar-refractivity contribution is 6.74. The second-order valence-corrected chi connectivity index (χ2v) is 14.4. The lowest BCUT2D eigenvalue weighted by molar-refractivity contribution is -0.121. The standard InChI is InChI=1S/C19H37NO4Si/c1-18(2,3)24-17(22)20-13-9-10-15(20)11-12-16(21)14-23-25(7,8)19(4,5)6/h15H,9-14H2,1-8H3/t15-/m0/s1. The number of nitrogens with zero attached hydrogens (tertiary/aromatic N) is 1. The van der Waals surface area contributed by atoms with E-state index in [-0.39, 0.29) is 29.6 Å². The number of hydrogen-bond acceptors (Lipinski definition) is 4. The smallest absolute Gasteiger partial charge is 0.410 e. The molecule has 0 aliphatic carbocycles. The van der Waals surface area contributed by atoms with Crippen LogP contribution in [0.4, 0.5) is 4.79 Å². The van der Waals surface area contributed by atoms with Crippen molar-refractivity contribution in [2.45, 2.75) is 97.0 Å². The number of carbonyl (C=O) groups is 2.